The fourth-order valence-electron chi connectivity index (χ4n) is 1.61. The molecule has 0 aliphatic heterocycles. The van der Waals surface area contributed by atoms with Crippen molar-refractivity contribution in [3.8, 4) is 0 Å². The van der Waals surface area contributed by atoms with Crippen LogP contribution in [0.2, 0.25) is 0 Å². The Labute approximate surface area is 99.5 Å². The molecular weight excluding hydrogens is 196 g/mol. The van der Waals surface area contributed by atoms with Crippen LogP contribution in [0.4, 0.5) is 0 Å². The van der Waals surface area contributed by atoms with Gasteiger partial charge in [-0.25, -0.2) is 0 Å². The molecule has 0 fully saturated rings. The minimum absolute atomic E-state index is 0.307. The van der Waals surface area contributed by atoms with Gasteiger partial charge in [0.05, 0.1) is 0 Å². The van der Waals surface area contributed by atoms with Gasteiger partial charge in [-0.1, -0.05) is 29.8 Å². The first-order valence-electron chi connectivity index (χ1n) is 6.07. The highest BCUT2D eigenvalue weighted by molar-refractivity contribution is 5.21. The molecule has 1 aromatic carbocycles. The molecule has 0 aliphatic rings. The van der Waals surface area contributed by atoms with E-state index >= 15 is 0 Å². The highest BCUT2D eigenvalue weighted by Crippen LogP contribution is 2.04. The van der Waals surface area contributed by atoms with Gasteiger partial charge in [0.2, 0.25) is 0 Å². The van der Waals surface area contributed by atoms with E-state index in [1.807, 2.05) is 0 Å². The minimum atomic E-state index is 0.307. The molecule has 0 amide bonds. The smallest absolute Gasteiger partial charge is 0.00226 e. The average Bonchev–Trinajstić information content (AvgIpc) is 2.25. The first-order valence-corrected chi connectivity index (χ1v) is 6.07. The van der Waals surface area contributed by atoms with Crippen LogP contribution >= 0.6 is 0 Å². The SMILES string of the molecule is Cc1ccc(CCN(C)CCC(C)N)cc1. The molecular formula is C14H24N2. The third kappa shape index (κ3) is 5.29. The Morgan fingerprint density at radius 2 is 1.81 bits per heavy atom. The molecule has 16 heavy (non-hydrogen) atoms. The van der Waals surface area contributed by atoms with Crippen molar-refractivity contribution in [2.45, 2.75) is 32.7 Å². The molecule has 2 nitrogen and oxygen atoms in total. The zero-order valence-electron chi connectivity index (χ0n) is 10.7. The van der Waals surface area contributed by atoms with Gasteiger partial charge in [-0.05, 0) is 45.8 Å². The molecule has 1 aromatic rings. The summed E-state index contributed by atoms with van der Waals surface area (Å²) in [6, 6.07) is 9.10. The highest BCUT2D eigenvalue weighted by atomic mass is 15.1. The zero-order chi connectivity index (χ0) is 12.0. The first kappa shape index (κ1) is 13.2. The lowest BCUT2D eigenvalue weighted by Crippen LogP contribution is -2.27. The second-order valence-electron chi connectivity index (χ2n) is 4.80. The molecule has 0 saturated heterocycles. The van der Waals surface area contributed by atoms with E-state index in [1.165, 1.54) is 11.1 Å². The summed E-state index contributed by atoms with van der Waals surface area (Å²) in [5.41, 5.74) is 8.48. The molecule has 1 unspecified atom stereocenters. The summed E-state index contributed by atoms with van der Waals surface area (Å²) in [7, 11) is 2.16. The Bertz CT molecular complexity index is 290. The molecule has 1 atom stereocenters. The lowest BCUT2D eigenvalue weighted by molar-refractivity contribution is 0.324. The van der Waals surface area contributed by atoms with E-state index in [-0.39, 0.29) is 0 Å². The fraction of sp³-hybridized carbons (Fsp3) is 0.571. The van der Waals surface area contributed by atoms with E-state index in [0.29, 0.717) is 6.04 Å². The van der Waals surface area contributed by atoms with Crippen molar-refractivity contribution in [2.75, 3.05) is 20.1 Å². The maximum atomic E-state index is 5.74. The molecule has 0 aromatic heterocycles. The van der Waals surface area contributed by atoms with Crippen LogP contribution < -0.4 is 5.73 Å². The summed E-state index contributed by atoms with van der Waals surface area (Å²) in [6.45, 7) is 6.38. The van der Waals surface area contributed by atoms with Crippen molar-refractivity contribution in [2.24, 2.45) is 5.73 Å². The predicted molar refractivity (Wildman–Crippen MR) is 70.6 cm³/mol. The van der Waals surface area contributed by atoms with Gasteiger partial charge in [-0.15, -0.1) is 0 Å². The topological polar surface area (TPSA) is 29.3 Å². The molecule has 2 N–H and O–H groups in total. The summed E-state index contributed by atoms with van der Waals surface area (Å²) >= 11 is 0. The van der Waals surface area contributed by atoms with Crippen molar-refractivity contribution in [1.82, 2.24) is 4.90 Å². The largest absolute Gasteiger partial charge is 0.328 e. The van der Waals surface area contributed by atoms with Crippen LogP contribution in [0, 0.1) is 6.92 Å². The summed E-state index contributed by atoms with van der Waals surface area (Å²) in [6.07, 6.45) is 2.19. The number of rotatable bonds is 6. The number of benzene rings is 1. The standard InChI is InChI=1S/C14H24N2/c1-12-4-6-14(7-5-12)9-11-16(3)10-8-13(2)15/h4-7,13H,8-11,15H2,1-3H3. The molecule has 0 saturated carbocycles. The Balaban J connectivity index is 2.26. The number of nitrogens with zero attached hydrogens (tertiary/aromatic N) is 1. The van der Waals surface area contributed by atoms with Crippen LogP contribution in [0.1, 0.15) is 24.5 Å². The Morgan fingerprint density at radius 1 is 1.19 bits per heavy atom. The fourth-order valence-corrected chi connectivity index (χ4v) is 1.61. The van der Waals surface area contributed by atoms with E-state index in [0.717, 1.165) is 25.9 Å². The minimum Gasteiger partial charge on any atom is -0.328 e. The van der Waals surface area contributed by atoms with Gasteiger partial charge < -0.3 is 10.6 Å². The zero-order valence-corrected chi connectivity index (χ0v) is 10.7. The maximum Gasteiger partial charge on any atom is 0.00226 e. The third-order valence-corrected chi connectivity index (χ3v) is 2.87. The van der Waals surface area contributed by atoms with Crippen molar-refractivity contribution in [3.05, 3.63) is 35.4 Å². The van der Waals surface area contributed by atoms with Gasteiger partial charge in [0.15, 0.2) is 0 Å². The van der Waals surface area contributed by atoms with Crippen LogP contribution in [0.25, 0.3) is 0 Å². The van der Waals surface area contributed by atoms with Crippen LogP contribution in [-0.4, -0.2) is 31.1 Å². The highest BCUT2D eigenvalue weighted by Gasteiger charge is 2.01. The van der Waals surface area contributed by atoms with Gasteiger partial charge >= 0.3 is 0 Å². The Morgan fingerprint density at radius 3 is 2.38 bits per heavy atom. The second kappa shape index (κ2) is 6.66. The van der Waals surface area contributed by atoms with Gasteiger partial charge in [0.1, 0.15) is 0 Å². The molecule has 2 heteroatoms. The van der Waals surface area contributed by atoms with Gasteiger partial charge in [-0.3, -0.25) is 0 Å². The Kier molecular flexibility index (Phi) is 5.50. The van der Waals surface area contributed by atoms with Crippen molar-refractivity contribution in [1.29, 1.82) is 0 Å². The Hall–Kier alpha value is -0.860. The van der Waals surface area contributed by atoms with Crippen LogP contribution in [0.15, 0.2) is 24.3 Å². The van der Waals surface area contributed by atoms with E-state index in [1.54, 1.807) is 0 Å². The molecule has 0 aliphatic carbocycles. The number of hydrogen-bond acceptors (Lipinski definition) is 2. The van der Waals surface area contributed by atoms with E-state index in [4.69, 9.17) is 5.73 Å². The second-order valence-corrected chi connectivity index (χ2v) is 4.80. The quantitative estimate of drug-likeness (QED) is 0.796. The van der Waals surface area contributed by atoms with E-state index in [9.17, 15) is 0 Å². The maximum absolute atomic E-state index is 5.74. The third-order valence-electron chi connectivity index (χ3n) is 2.87. The summed E-state index contributed by atoms with van der Waals surface area (Å²) in [5.74, 6) is 0. The first-order chi connectivity index (χ1) is 7.58. The number of hydrogen-bond donors (Lipinski definition) is 1. The average molecular weight is 220 g/mol. The summed E-state index contributed by atoms with van der Waals surface area (Å²) in [4.78, 5) is 2.35. The van der Waals surface area contributed by atoms with Crippen molar-refractivity contribution < 1.29 is 0 Å². The van der Waals surface area contributed by atoms with Crippen molar-refractivity contribution in [3.63, 3.8) is 0 Å². The molecule has 0 bridgehead atoms. The predicted octanol–water partition coefficient (Wildman–Crippen LogP) is 2.21. The number of aryl methyl sites for hydroxylation is 1. The van der Waals surface area contributed by atoms with Gasteiger partial charge in [-0.2, -0.15) is 0 Å². The summed E-state index contributed by atoms with van der Waals surface area (Å²) < 4.78 is 0. The number of likely N-dealkylation sites (N-methyl/N-ethyl adjacent to an activating group) is 1. The van der Waals surface area contributed by atoms with Crippen LogP contribution in [0.3, 0.4) is 0 Å². The molecule has 0 heterocycles. The van der Waals surface area contributed by atoms with Gasteiger partial charge in [0.25, 0.3) is 0 Å². The molecule has 0 radical (unpaired) electrons. The molecule has 1 rings (SSSR count). The van der Waals surface area contributed by atoms with Crippen molar-refractivity contribution >= 4 is 0 Å². The van der Waals surface area contributed by atoms with E-state index < -0.39 is 0 Å². The number of nitrogens with two attached hydrogens (primary N) is 1. The molecule has 90 valence electrons. The molecule has 0 spiro atoms. The normalized spacial score (nSPS) is 13.1. The van der Waals surface area contributed by atoms with Crippen LogP contribution in [-0.2, 0) is 6.42 Å². The van der Waals surface area contributed by atoms with E-state index in [2.05, 4.69) is 50.1 Å². The monoisotopic (exact) mass is 220 g/mol. The lowest BCUT2D eigenvalue weighted by Gasteiger charge is -2.17. The summed E-state index contributed by atoms with van der Waals surface area (Å²) in [5, 5.41) is 0. The lowest BCUT2D eigenvalue weighted by atomic mass is 10.1. The van der Waals surface area contributed by atoms with Crippen LogP contribution in [0.5, 0.6) is 0 Å². The van der Waals surface area contributed by atoms with Gasteiger partial charge in [0, 0.05) is 12.6 Å².